The summed E-state index contributed by atoms with van der Waals surface area (Å²) in [6.07, 6.45) is -3.82. The van der Waals surface area contributed by atoms with Crippen LogP contribution in [0.25, 0.3) is 5.69 Å². The van der Waals surface area contributed by atoms with Crippen molar-refractivity contribution < 1.29 is 13.2 Å². The molecule has 0 atom stereocenters. The Bertz CT molecular complexity index is 560. The van der Waals surface area contributed by atoms with Gasteiger partial charge in [0.05, 0.1) is 11.3 Å². The van der Waals surface area contributed by atoms with Crippen LogP contribution >= 0.6 is 0 Å². The number of nitrogen functional groups attached to an aromatic ring is 1. The van der Waals surface area contributed by atoms with Gasteiger partial charge in [-0.25, -0.2) is 0 Å². The smallest absolute Gasteiger partial charge is 0.382 e. The van der Waals surface area contributed by atoms with Crippen LogP contribution in [0.15, 0.2) is 24.3 Å². The van der Waals surface area contributed by atoms with E-state index in [2.05, 4.69) is 10.3 Å². The lowest BCUT2D eigenvalue weighted by Gasteiger charge is -2.09. The first-order valence-corrected chi connectivity index (χ1v) is 5.31. The average Bonchev–Trinajstić information content (AvgIpc) is 2.69. The molecule has 0 bridgehead atoms. The Kier molecular flexibility index (Phi) is 2.98. The van der Waals surface area contributed by atoms with Gasteiger partial charge in [0, 0.05) is 0 Å². The molecule has 2 N–H and O–H groups in total. The van der Waals surface area contributed by atoms with Crippen LogP contribution in [0.4, 0.5) is 19.0 Å². The van der Waals surface area contributed by atoms with Gasteiger partial charge in [0.2, 0.25) is 0 Å². The van der Waals surface area contributed by atoms with Crippen molar-refractivity contribution in [3.63, 3.8) is 0 Å². The molecule has 2 aromatic rings. The molecule has 0 aliphatic heterocycles. The molecular formula is C11H11F3N4. The van der Waals surface area contributed by atoms with Crippen molar-refractivity contribution in [1.29, 1.82) is 0 Å². The van der Waals surface area contributed by atoms with Crippen LogP contribution in [0.3, 0.4) is 0 Å². The first kappa shape index (κ1) is 12.4. The van der Waals surface area contributed by atoms with Crippen molar-refractivity contribution in [2.75, 3.05) is 5.73 Å². The predicted molar refractivity (Wildman–Crippen MR) is 60.2 cm³/mol. The standard InChI is InChI=1S/C11H11F3N4/c1-2-9-10(15)18(17-16-9)8-5-3-4-7(6-8)11(12,13)14/h3-6H,2,15H2,1H3. The SMILES string of the molecule is CCc1nnn(-c2cccc(C(F)(F)F)c2)c1N. The summed E-state index contributed by atoms with van der Waals surface area (Å²) in [5, 5.41) is 7.56. The number of anilines is 1. The molecule has 2 rings (SSSR count). The summed E-state index contributed by atoms with van der Waals surface area (Å²) >= 11 is 0. The second kappa shape index (κ2) is 4.32. The summed E-state index contributed by atoms with van der Waals surface area (Å²) in [7, 11) is 0. The summed E-state index contributed by atoms with van der Waals surface area (Å²) in [6.45, 7) is 1.84. The highest BCUT2D eigenvalue weighted by Gasteiger charge is 2.30. The van der Waals surface area contributed by atoms with Crippen LogP contribution in [0.5, 0.6) is 0 Å². The average molecular weight is 256 g/mol. The van der Waals surface area contributed by atoms with Crippen molar-refractivity contribution in [2.45, 2.75) is 19.5 Å². The Morgan fingerprint density at radius 2 is 2.06 bits per heavy atom. The highest BCUT2D eigenvalue weighted by molar-refractivity contribution is 5.45. The predicted octanol–water partition coefficient (Wildman–Crippen LogP) is 2.43. The van der Waals surface area contributed by atoms with Crippen LogP contribution in [0, 0.1) is 0 Å². The van der Waals surface area contributed by atoms with E-state index < -0.39 is 11.7 Å². The minimum atomic E-state index is -4.39. The molecule has 0 fully saturated rings. The first-order chi connectivity index (χ1) is 8.43. The molecule has 0 unspecified atom stereocenters. The molecule has 0 aliphatic carbocycles. The lowest BCUT2D eigenvalue weighted by molar-refractivity contribution is -0.137. The molecule has 1 aromatic carbocycles. The van der Waals surface area contributed by atoms with Gasteiger partial charge in [-0.2, -0.15) is 17.9 Å². The molecule has 96 valence electrons. The molecule has 0 saturated heterocycles. The summed E-state index contributed by atoms with van der Waals surface area (Å²) in [6, 6.07) is 4.80. The second-order valence-corrected chi connectivity index (χ2v) is 3.73. The van der Waals surface area contributed by atoms with Crippen LogP contribution in [0.1, 0.15) is 18.2 Å². The van der Waals surface area contributed by atoms with Gasteiger partial charge in [0.25, 0.3) is 0 Å². The van der Waals surface area contributed by atoms with E-state index in [4.69, 9.17) is 5.73 Å². The van der Waals surface area contributed by atoms with Crippen molar-refractivity contribution >= 4 is 5.82 Å². The van der Waals surface area contributed by atoms with E-state index in [1.807, 2.05) is 6.92 Å². The van der Waals surface area contributed by atoms with Crippen molar-refractivity contribution in [1.82, 2.24) is 15.0 Å². The number of aryl methyl sites for hydroxylation is 1. The first-order valence-electron chi connectivity index (χ1n) is 5.31. The number of halogens is 3. The highest BCUT2D eigenvalue weighted by Crippen LogP contribution is 2.30. The number of alkyl halides is 3. The van der Waals surface area contributed by atoms with Crippen LogP contribution in [-0.4, -0.2) is 15.0 Å². The van der Waals surface area contributed by atoms with Gasteiger partial charge in [0.15, 0.2) is 5.82 Å². The van der Waals surface area contributed by atoms with Crippen LogP contribution < -0.4 is 5.73 Å². The van der Waals surface area contributed by atoms with E-state index in [-0.39, 0.29) is 11.5 Å². The molecule has 4 nitrogen and oxygen atoms in total. The lowest BCUT2D eigenvalue weighted by Crippen LogP contribution is -2.08. The van der Waals surface area contributed by atoms with E-state index in [1.165, 1.54) is 16.8 Å². The Balaban J connectivity index is 2.48. The number of rotatable bonds is 2. The number of hydrogen-bond donors (Lipinski definition) is 1. The van der Waals surface area contributed by atoms with Gasteiger partial charge in [0.1, 0.15) is 5.69 Å². The molecular weight excluding hydrogens is 245 g/mol. The Morgan fingerprint density at radius 1 is 1.33 bits per heavy atom. The third-order valence-corrected chi connectivity index (χ3v) is 2.53. The fourth-order valence-electron chi connectivity index (χ4n) is 1.58. The number of nitrogens with zero attached hydrogens (tertiary/aromatic N) is 3. The molecule has 0 aliphatic rings. The Labute approximate surface area is 101 Å². The minimum absolute atomic E-state index is 0.245. The van der Waals surface area contributed by atoms with Crippen molar-refractivity contribution in [2.24, 2.45) is 0 Å². The van der Waals surface area contributed by atoms with E-state index in [1.54, 1.807) is 0 Å². The molecule has 1 heterocycles. The molecule has 1 aromatic heterocycles. The molecule has 0 saturated carbocycles. The largest absolute Gasteiger partial charge is 0.416 e. The van der Waals surface area contributed by atoms with E-state index in [9.17, 15) is 13.2 Å². The zero-order valence-electron chi connectivity index (χ0n) is 9.57. The Morgan fingerprint density at radius 3 is 2.61 bits per heavy atom. The minimum Gasteiger partial charge on any atom is -0.382 e. The fourth-order valence-corrected chi connectivity index (χ4v) is 1.58. The summed E-state index contributed by atoms with van der Waals surface area (Å²) in [5.74, 6) is 0.261. The topological polar surface area (TPSA) is 56.7 Å². The number of aromatic nitrogens is 3. The van der Waals surface area contributed by atoms with E-state index >= 15 is 0 Å². The molecule has 0 radical (unpaired) electrons. The number of benzene rings is 1. The maximum Gasteiger partial charge on any atom is 0.416 e. The van der Waals surface area contributed by atoms with E-state index in [0.29, 0.717) is 12.1 Å². The van der Waals surface area contributed by atoms with Crippen molar-refractivity contribution in [3.05, 3.63) is 35.5 Å². The third-order valence-electron chi connectivity index (χ3n) is 2.53. The van der Waals surface area contributed by atoms with E-state index in [0.717, 1.165) is 12.1 Å². The summed E-state index contributed by atoms with van der Waals surface area (Å²) in [5.41, 5.74) is 5.83. The third kappa shape index (κ3) is 2.15. The normalized spacial score (nSPS) is 11.8. The Hall–Kier alpha value is -2.05. The maximum absolute atomic E-state index is 12.6. The molecule has 7 heteroatoms. The quantitative estimate of drug-likeness (QED) is 0.897. The zero-order chi connectivity index (χ0) is 13.3. The lowest BCUT2D eigenvalue weighted by atomic mass is 10.2. The number of hydrogen-bond acceptors (Lipinski definition) is 3. The van der Waals surface area contributed by atoms with Gasteiger partial charge in [-0.05, 0) is 24.6 Å². The zero-order valence-corrected chi connectivity index (χ0v) is 9.57. The van der Waals surface area contributed by atoms with Gasteiger partial charge in [-0.3, -0.25) is 0 Å². The van der Waals surface area contributed by atoms with Crippen LogP contribution in [-0.2, 0) is 12.6 Å². The number of nitrogens with two attached hydrogens (primary N) is 1. The maximum atomic E-state index is 12.6. The summed E-state index contributed by atoms with van der Waals surface area (Å²) < 4.78 is 38.9. The van der Waals surface area contributed by atoms with Gasteiger partial charge >= 0.3 is 6.18 Å². The molecule has 0 amide bonds. The highest BCUT2D eigenvalue weighted by atomic mass is 19.4. The molecule has 0 spiro atoms. The van der Waals surface area contributed by atoms with Crippen molar-refractivity contribution in [3.8, 4) is 5.69 Å². The second-order valence-electron chi connectivity index (χ2n) is 3.73. The molecule has 18 heavy (non-hydrogen) atoms. The van der Waals surface area contributed by atoms with Gasteiger partial charge in [-0.1, -0.05) is 18.2 Å². The summed E-state index contributed by atoms with van der Waals surface area (Å²) in [4.78, 5) is 0. The van der Waals surface area contributed by atoms with Crippen LogP contribution in [0.2, 0.25) is 0 Å². The monoisotopic (exact) mass is 256 g/mol. The van der Waals surface area contributed by atoms with Gasteiger partial charge < -0.3 is 5.73 Å². The van der Waals surface area contributed by atoms with Gasteiger partial charge in [-0.15, -0.1) is 5.10 Å². The fraction of sp³-hybridized carbons (Fsp3) is 0.273.